The molecule has 5 rings (SSSR count). The molecular weight excluding hydrogens is 396 g/mol. The first kappa shape index (κ1) is 18.8. The molecule has 0 saturated carbocycles. The van der Waals surface area contributed by atoms with Crippen molar-refractivity contribution in [2.24, 2.45) is 0 Å². The average molecular weight is 419 g/mol. The van der Waals surface area contributed by atoms with Gasteiger partial charge < -0.3 is 20.5 Å². The summed E-state index contributed by atoms with van der Waals surface area (Å²) in [6.07, 6.45) is 1.21. The van der Waals surface area contributed by atoms with Crippen LogP contribution in [0.25, 0.3) is 0 Å². The lowest BCUT2D eigenvalue weighted by Gasteiger charge is -2.29. The number of fused-ring (bicyclic) bond motifs is 1. The lowest BCUT2D eigenvalue weighted by atomic mass is 9.80. The number of hydrogen-bond acceptors (Lipinski definition) is 6. The predicted octanol–water partition coefficient (Wildman–Crippen LogP) is 5.44. The Morgan fingerprint density at radius 3 is 2.63 bits per heavy atom. The SMILES string of the molecule is COc1cccc([C@H]2Nc3ccccc3NC3=C2C(=O)C[C@H](c2cccs2)C3)c1O. The molecule has 0 fully saturated rings. The second kappa shape index (κ2) is 7.54. The highest BCUT2D eigenvalue weighted by Crippen LogP contribution is 2.47. The minimum atomic E-state index is -0.469. The van der Waals surface area contributed by atoms with Crippen molar-refractivity contribution in [3.63, 3.8) is 0 Å². The number of hydrogen-bond donors (Lipinski definition) is 3. The van der Waals surface area contributed by atoms with E-state index in [1.807, 2.05) is 42.5 Å². The van der Waals surface area contributed by atoms with Gasteiger partial charge in [-0.25, -0.2) is 0 Å². The topological polar surface area (TPSA) is 70.6 Å². The van der Waals surface area contributed by atoms with Crippen LogP contribution in [0.15, 0.2) is 71.2 Å². The van der Waals surface area contributed by atoms with Gasteiger partial charge >= 0.3 is 0 Å². The van der Waals surface area contributed by atoms with Crippen LogP contribution in [0.3, 0.4) is 0 Å². The number of carbonyl (C=O) groups excluding carboxylic acids is 1. The van der Waals surface area contributed by atoms with Gasteiger partial charge in [-0.3, -0.25) is 4.79 Å². The van der Waals surface area contributed by atoms with Gasteiger partial charge in [-0.15, -0.1) is 11.3 Å². The molecule has 0 bridgehead atoms. The molecule has 0 amide bonds. The number of carbonyl (C=O) groups is 1. The number of aromatic hydroxyl groups is 1. The highest BCUT2D eigenvalue weighted by molar-refractivity contribution is 7.10. The van der Waals surface area contributed by atoms with Crippen LogP contribution in [0.5, 0.6) is 11.5 Å². The summed E-state index contributed by atoms with van der Waals surface area (Å²) in [5.41, 5.74) is 4.04. The maximum Gasteiger partial charge on any atom is 0.163 e. The van der Waals surface area contributed by atoms with E-state index in [9.17, 15) is 9.90 Å². The molecule has 1 aliphatic carbocycles. The molecule has 1 aromatic heterocycles. The molecule has 3 N–H and O–H groups in total. The molecule has 2 atom stereocenters. The van der Waals surface area contributed by atoms with Crippen LogP contribution in [-0.2, 0) is 4.79 Å². The number of phenolic OH excluding ortho intramolecular Hbond substituents is 1. The molecule has 0 unspecified atom stereocenters. The van der Waals surface area contributed by atoms with Crippen molar-refractivity contribution in [3.05, 3.63) is 81.7 Å². The summed E-state index contributed by atoms with van der Waals surface area (Å²) in [6, 6.07) is 17.0. The third-order valence-corrected chi connectivity index (χ3v) is 6.85. The normalized spacial score (nSPS) is 20.5. The van der Waals surface area contributed by atoms with E-state index in [0.29, 0.717) is 23.3 Å². The summed E-state index contributed by atoms with van der Waals surface area (Å²) >= 11 is 1.69. The fourth-order valence-corrected chi connectivity index (χ4v) is 5.22. The summed E-state index contributed by atoms with van der Waals surface area (Å²) in [5.74, 6) is 0.696. The number of ketones is 1. The maximum atomic E-state index is 13.4. The van der Waals surface area contributed by atoms with Crippen molar-refractivity contribution in [1.82, 2.24) is 0 Å². The molecule has 30 heavy (non-hydrogen) atoms. The van der Waals surface area contributed by atoms with Crippen molar-refractivity contribution >= 4 is 28.5 Å². The molecule has 0 radical (unpaired) electrons. The number of thiophene rings is 1. The maximum absolute atomic E-state index is 13.4. The average Bonchev–Trinajstić information content (AvgIpc) is 3.23. The second-order valence-corrected chi connectivity index (χ2v) is 8.56. The first-order chi connectivity index (χ1) is 14.7. The lowest BCUT2D eigenvalue weighted by molar-refractivity contribution is -0.116. The number of nitrogens with one attached hydrogen (secondary N) is 2. The van der Waals surface area contributed by atoms with Gasteiger partial charge in [-0.2, -0.15) is 0 Å². The minimum Gasteiger partial charge on any atom is -0.504 e. The number of Topliss-reactive ketones (excluding diaryl/α,β-unsaturated/α-hetero) is 1. The van der Waals surface area contributed by atoms with Gasteiger partial charge in [0.2, 0.25) is 0 Å². The summed E-state index contributed by atoms with van der Waals surface area (Å²) < 4.78 is 5.31. The number of benzene rings is 2. The molecule has 2 aromatic carbocycles. The van der Waals surface area contributed by atoms with E-state index in [1.54, 1.807) is 17.4 Å². The third kappa shape index (κ3) is 3.13. The molecular formula is C24H22N2O3S. The van der Waals surface area contributed by atoms with E-state index in [2.05, 4.69) is 22.1 Å². The highest BCUT2D eigenvalue weighted by atomic mass is 32.1. The molecule has 2 aliphatic rings. The molecule has 1 aliphatic heterocycles. The Balaban J connectivity index is 1.66. The van der Waals surface area contributed by atoms with Crippen molar-refractivity contribution in [2.45, 2.75) is 24.8 Å². The zero-order valence-corrected chi connectivity index (χ0v) is 17.3. The fourth-order valence-electron chi connectivity index (χ4n) is 4.39. The number of rotatable bonds is 3. The van der Waals surface area contributed by atoms with Gasteiger partial charge in [-0.05, 0) is 36.1 Å². The Morgan fingerprint density at radius 1 is 1.03 bits per heavy atom. The Hall–Kier alpha value is -3.25. The highest BCUT2D eigenvalue weighted by Gasteiger charge is 2.37. The van der Waals surface area contributed by atoms with Crippen molar-refractivity contribution in [2.75, 3.05) is 17.7 Å². The Morgan fingerprint density at radius 2 is 1.87 bits per heavy atom. The number of anilines is 2. The Labute approximate surface area is 179 Å². The smallest absolute Gasteiger partial charge is 0.163 e. The molecule has 0 spiro atoms. The van der Waals surface area contributed by atoms with E-state index >= 15 is 0 Å². The number of allylic oxidation sites excluding steroid dienone is 1. The minimum absolute atomic E-state index is 0.0527. The summed E-state index contributed by atoms with van der Waals surface area (Å²) in [4.78, 5) is 14.7. The summed E-state index contributed by atoms with van der Waals surface area (Å²) in [7, 11) is 1.53. The Bertz CT molecular complexity index is 1140. The van der Waals surface area contributed by atoms with Crippen LogP contribution in [0, 0.1) is 0 Å². The van der Waals surface area contributed by atoms with Crippen LogP contribution in [0.1, 0.15) is 35.2 Å². The molecule has 3 aromatic rings. The van der Waals surface area contributed by atoms with E-state index in [0.717, 1.165) is 23.5 Å². The number of ether oxygens (including phenoxy) is 1. The standard InChI is InChI=1S/C24H22N2O3S/c1-29-20-9-4-6-15(24(20)28)23-22-18(25-16-7-2-3-8-17(16)26-23)12-14(13-19(22)27)21-10-5-11-30-21/h2-11,14,23,25-26,28H,12-13H2,1H3/t14-,23-/m1/s1. The van der Waals surface area contributed by atoms with Crippen LogP contribution >= 0.6 is 11.3 Å². The van der Waals surface area contributed by atoms with Crippen LogP contribution in [0.2, 0.25) is 0 Å². The second-order valence-electron chi connectivity index (χ2n) is 7.58. The van der Waals surface area contributed by atoms with Crippen molar-refractivity contribution in [1.29, 1.82) is 0 Å². The number of para-hydroxylation sites is 3. The van der Waals surface area contributed by atoms with Crippen LogP contribution in [0.4, 0.5) is 11.4 Å². The van der Waals surface area contributed by atoms with Gasteiger partial charge in [0.15, 0.2) is 17.3 Å². The Kier molecular flexibility index (Phi) is 4.71. The van der Waals surface area contributed by atoms with Gasteiger partial charge in [-0.1, -0.05) is 30.3 Å². The third-order valence-electron chi connectivity index (χ3n) is 5.82. The van der Waals surface area contributed by atoms with Gasteiger partial charge in [0, 0.05) is 34.0 Å². The molecule has 152 valence electrons. The zero-order valence-electron chi connectivity index (χ0n) is 16.5. The van der Waals surface area contributed by atoms with Crippen molar-refractivity contribution < 1.29 is 14.6 Å². The van der Waals surface area contributed by atoms with E-state index in [-0.39, 0.29) is 17.5 Å². The lowest BCUT2D eigenvalue weighted by Crippen LogP contribution is -2.26. The summed E-state index contributed by atoms with van der Waals surface area (Å²) in [6.45, 7) is 0. The number of methoxy groups -OCH3 is 1. The quantitative estimate of drug-likeness (QED) is 0.528. The summed E-state index contributed by atoms with van der Waals surface area (Å²) in [5, 5.41) is 19.9. The van der Waals surface area contributed by atoms with Crippen LogP contribution < -0.4 is 15.4 Å². The largest absolute Gasteiger partial charge is 0.504 e. The first-order valence-electron chi connectivity index (χ1n) is 9.93. The molecule has 2 heterocycles. The van der Waals surface area contributed by atoms with E-state index in [1.165, 1.54) is 12.0 Å². The molecule has 0 saturated heterocycles. The predicted molar refractivity (Wildman–Crippen MR) is 119 cm³/mol. The van der Waals surface area contributed by atoms with Crippen molar-refractivity contribution in [3.8, 4) is 11.5 Å². The van der Waals surface area contributed by atoms with E-state index < -0.39 is 6.04 Å². The molecule has 6 heteroatoms. The fraction of sp³-hybridized carbons (Fsp3) is 0.208. The van der Waals surface area contributed by atoms with Crippen LogP contribution in [-0.4, -0.2) is 18.0 Å². The van der Waals surface area contributed by atoms with Gasteiger partial charge in [0.05, 0.1) is 24.5 Å². The first-order valence-corrected chi connectivity index (χ1v) is 10.8. The van der Waals surface area contributed by atoms with E-state index in [4.69, 9.17) is 4.74 Å². The monoisotopic (exact) mass is 418 g/mol. The number of phenols is 1. The van der Waals surface area contributed by atoms with Gasteiger partial charge in [0.25, 0.3) is 0 Å². The zero-order chi connectivity index (χ0) is 20.7. The van der Waals surface area contributed by atoms with Gasteiger partial charge in [0.1, 0.15) is 0 Å². The molecule has 5 nitrogen and oxygen atoms in total.